The standard InChI is InChI=1S/C10H12N4O4/c1-12-5-6(11-7(12)9(16)18-4)13(2)10(17)14(3)8(5)15/h1-4H3. The predicted molar refractivity (Wildman–Crippen MR) is 62.5 cm³/mol. The van der Waals surface area contributed by atoms with E-state index in [9.17, 15) is 14.4 Å². The van der Waals surface area contributed by atoms with Crippen LogP contribution in [-0.4, -0.2) is 31.8 Å². The molecule has 0 amide bonds. The minimum atomic E-state index is -0.664. The van der Waals surface area contributed by atoms with E-state index in [-0.39, 0.29) is 17.0 Å². The number of rotatable bonds is 1. The van der Waals surface area contributed by atoms with Gasteiger partial charge in [-0.05, 0) is 0 Å². The average Bonchev–Trinajstić information content (AvgIpc) is 2.71. The molecule has 0 bridgehead atoms. The fourth-order valence-electron chi connectivity index (χ4n) is 1.79. The summed E-state index contributed by atoms with van der Waals surface area (Å²) in [7, 11) is 5.60. The molecule has 96 valence electrons. The van der Waals surface area contributed by atoms with Crippen LogP contribution >= 0.6 is 0 Å². The SMILES string of the molecule is COC(=O)c1nc2c(c(=O)n(C)c(=O)n2C)n1C. The van der Waals surface area contributed by atoms with E-state index < -0.39 is 17.2 Å². The molecule has 0 N–H and O–H groups in total. The molecular formula is C10H12N4O4. The smallest absolute Gasteiger partial charge is 0.374 e. The highest BCUT2D eigenvalue weighted by atomic mass is 16.5. The molecule has 2 rings (SSSR count). The molecule has 0 aliphatic heterocycles. The van der Waals surface area contributed by atoms with Crippen molar-refractivity contribution in [2.45, 2.75) is 0 Å². The van der Waals surface area contributed by atoms with E-state index in [4.69, 9.17) is 0 Å². The van der Waals surface area contributed by atoms with Gasteiger partial charge < -0.3 is 9.30 Å². The number of ether oxygens (including phenoxy) is 1. The van der Waals surface area contributed by atoms with Crippen LogP contribution in [0.4, 0.5) is 0 Å². The third-order valence-corrected chi connectivity index (χ3v) is 2.84. The van der Waals surface area contributed by atoms with E-state index in [0.29, 0.717) is 0 Å². The Bertz CT molecular complexity index is 765. The quantitative estimate of drug-likeness (QED) is 0.592. The van der Waals surface area contributed by atoms with E-state index in [1.807, 2.05) is 0 Å². The number of aryl methyl sites for hydroxylation is 2. The number of carbonyl (C=O) groups excluding carboxylic acids is 1. The molecular weight excluding hydrogens is 240 g/mol. The normalized spacial score (nSPS) is 10.9. The third-order valence-electron chi connectivity index (χ3n) is 2.84. The zero-order chi connectivity index (χ0) is 13.6. The molecule has 0 aromatic carbocycles. The van der Waals surface area contributed by atoms with Gasteiger partial charge in [-0.2, -0.15) is 0 Å². The molecule has 0 aliphatic rings. The molecule has 0 saturated carbocycles. The average molecular weight is 252 g/mol. The molecule has 0 aliphatic carbocycles. The molecule has 18 heavy (non-hydrogen) atoms. The van der Waals surface area contributed by atoms with Gasteiger partial charge in [-0.1, -0.05) is 0 Å². The summed E-state index contributed by atoms with van der Waals surface area (Å²) in [6.45, 7) is 0. The highest BCUT2D eigenvalue weighted by Gasteiger charge is 2.21. The van der Waals surface area contributed by atoms with Crippen LogP contribution in [0, 0.1) is 0 Å². The maximum absolute atomic E-state index is 12.0. The number of fused-ring (bicyclic) bond motifs is 1. The van der Waals surface area contributed by atoms with Crippen molar-refractivity contribution in [3.63, 3.8) is 0 Å². The second-order valence-corrected chi connectivity index (χ2v) is 3.86. The number of esters is 1. The molecule has 0 fully saturated rings. The molecule has 2 aromatic rings. The first-order valence-electron chi connectivity index (χ1n) is 5.11. The zero-order valence-electron chi connectivity index (χ0n) is 10.4. The lowest BCUT2D eigenvalue weighted by atomic mass is 10.5. The Morgan fingerprint density at radius 3 is 2.28 bits per heavy atom. The fraction of sp³-hybridized carbons (Fsp3) is 0.400. The lowest BCUT2D eigenvalue weighted by Crippen LogP contribution is -2.37. The van der Waals surface area contributed by atoms with Gasteiger partial charge in [0.15, 0.2) is 11.2 Å². The lowest BCUT2D eigenvalue weighted by Gasteiger charge is -2.03. The van der Waals surface area contributed by atoms with Gasteiger partial charge in [0.05, 0.1) is 7.11 Å². The Morgan fingerprint density at radius 1 is 1.11 bits per heavy atom. The van der Waals surface area contributed by atoms with Gasteiger partial charge in [-0.3, -0.25) is 13.9 Å². The van der Waals surface area contributed by atoms with Gasteiger partial charge >= 0.3 is 11.7 Å². The van der Waals surface area contributed by atoms with Gasteiger partial charge in [-0.25, -0.2) is 14.6 Å². The molecule has 0 saturated heterocycles. The van der Waals surface area contributed by atoms with Crippen molar-refractivity contribution in [1.82, 2.24) is 18.7 Å². The summed E-state index contributed by atoms with van der Waals surface area (Å²) < 4.78 is 8.07. The van der Waals surface area contributed by atoms with Crippen molar-refractivity contribution in [3.8, 4) is 0 Å². The Labute approximate surface area is 101 Å². The molecule has 8 heteroatoms. The first-order chi connectivity index (χ1) is 8.40. The minimum Gasteiger partial charge on any atom is -0.463 e. The zero-order valence-corrected chi connectivity index (χ0v) is 10.4. The van der Waals surface area contributed by atoms with Crippen LogP contribution in [0.15, 0.2) is 9.59 Å². The number of aromatic nitrogens is 4. The van der Waals surface area contributed by atoms with Crippen LogP contribution in [0.25, 0.3) is 11.2 Å². The molecule has 2 aromatic heterocycles. The minimum absolute atomic E-state index is 0.0224. The van der Waals surface area contributed by atoms with Crippen molar-refractivity contribution >= 4 is 17.1 Å². The Kier molecular flexibility index (Phi) is 2.57. The van der Waals surface area contributed by atoms with E-state index >= 15 is 0 Å². The largest absolute Gasteiger partial charge is 0.463 e. The van der Waals surface area contributed by atoms with Crippen LogP contribution in [0.2, 0.25) is 0 Å². The molecule has 2 heterocycles. The summed E-state index contributed by atoms with van der Waals surface area (Å²) in [5.74, 6) is -0.686. The van der Waals surface area contributed by atoms with E-state index in [0.717, 1.165) is 4.57 Å². The van der Waals surface area contributed by atoms with Gasteiger partial charge in [0.2, 0.25) is 5.82 Å². The number of imidazole rings is 1. The topological polar surface area (TPSA) is 88.1 Å². The van der Waals surface area contributed by atoms with E-state index in [1.165, 1.54) is 37.4 Å². The number of hydrogen-bond acceptors (Lipinski definition) is 5. The summed E-state index contributed by atoms with van der Waals surface area (Å²) in [6.07, 6.45) is 0. The first kappa shape index (κ1) is 12.1. The van der Waals surface area contributed by atoms with Crippen molar-refractivity contribution in [3.05, 3.63) is 26.7 Å². The second kappa shape index (κ2) is 3.83. The summed E-state index contributed by atoms with van der Waals surface area (Å²) >= 11 is 0. The van der Waals surface area contributed by atoms with Gasteiger partial charge in [0.25, 0.3) is 5.56 Å². The van der Waals surface area contributed by atoms with Crippen LogP contribution in [0.1, 0.15) is 10.6 Å². The lowest BCUT2D eigenvalue weighted by molar-refractivity contribution is 0.0583. The van der Waals surface area contributed by atoms with Crippen molar-refractivity contribution < 1.29 is 9.53 Å². The first-order valence-corrected chi connectivity index (χ1v) is 5.11. The predicted octanol–water partition coefficient (Wildman–Crippen LogP) is -1.24. The molecule has 0 spiro atoms. The van der Waals surface area contributed by atoms with Crippen LogP contribution in [0.3, 0.4) is 0 Å². The Morgan fingerprint density at radius 2 is 1.72 bits per heavy atom. The Hall–Kier alpha value is -2.38. The summed E-state index contributed by atoms with van der Waals surface area (Å²) in [5.41, 5.74) is -0.661. The second-order valence-electron chi connectivity index (χ2n) is 3.86. The Balaban J connectivity index is 3.03. The van der Waals surface area contributed by atoms with E-state index in [1.54, 1.807) is 0 Å². The maximum atomic E-state index is 12.0. The molecule has 8 nitrogen and oxygen atoms in total. The number of methoxy groups -OCH3 is 1. The number of carbonyl (C=O) groups is 1. The number of hydrogen-bond donors (Lipinski definition) is 0. The monoisotopic (exact) mass is 252 g/mol. The van der Waals surface area contributed by atoms with Crippen LogP contribution in [-0.2, 0) is 25.9 Å². The van der Waals surface area contributed by atoms with Gasteiger partial charge in [-0.15, -0.1) is 0 Å². The van der Waals surface area contributed by atoms with Crippen molar-refractivity contribution in [2.75, 3.05) is 7.11 Å². The van der Waals surface area contributed by atoms with Gasteiger partial charge in [0.1, 0.15) is 0 Å². The highest BCUT2D eigenvalue weighted by Crippen LogP contribution is 2.09. The van der Waals surface area contributed by atoms with Gasteiger partial charge in [0, 0.05) is 21.1 Å². The van der Waals surface area contributed by atoms with Crippen LogP contribution < -0.4 is 11.2 Å². The third kappa shape index (κ3) is 1.38. The maximum Gasteiger partial charge on any atom is 0.374 e. The summed E-state index contributed by atoms with van der Waals surface area (Å²) in [4.78, 5) is 39.2. The summed E-state index contributed by atoms with van der Waals surface area (Å²) in [5, 5.41) is 0. The number of nitrogens with zero attached hydrogens (tertiary/aromatic N) is 4. The van der Waals surface area contributed by atoms with Crippen molar-refractivity contribution in [2.24, 2.45) is 21.1 Å². The van der Waals surface area contributed by atoms with E-state index in [2.05, 4.69) is 9.72 Å². The molecule has 0 unspecified atom stereocenters. The molecule has 0 atom stereocenters. The summed E-state index contributed by atoms with van der Waals surface area (Å²) in [6, 6.07) is 0. The van der Waals surface area contributed by atoms with Crippen molar-refractivity contribution in [1.29, 1.82) is 0 Å². The fourth-order valence-corrected chi connectivity index (χ4v) is 1.79. The highest BCUT2D eigenvalue weighted by molar-refractivity contribution is 5.89. The van der Waals surface area contributed by atoms with Crippen LogP contribution in [0.5, 0.6) is 0 Å². The molecule has 0 radical (unpaired) electrons.